The molecule has 1 heteroatoms. The van der Waals surface area contributed by atoms with Crippen LogP contribution in [-0.4, -0.2) is 6.04 Å². The Labute approximate surface area is 117 Å². The smallest absolute Gasteiger partial charge is 0.0210 e. The fourth-order valence-electron chi connectivity index (χ4n) is 4.32. The summed E-state index contributed by atoms with van der Waals surface area (Å²) in [5, 5.41) is 3.79. The summed E-state index contributed by atoms with van der Waals surface area (Å²) >= 11 is 0. The van der Waals surface area contributed by atoms with Crippen LogP contribution in [0.3, 0.4) is 0 Å². The molecule has 0 spiro atoms. The van der Waals surface area contributed by atoms with E-state index in [9.17, 15) is 0 Å². The van der Waals surface area contributed by atoms with Crippen LogP contribution >= 0.6 is 0 Å². The van der Waals surface area contributed by atoms with Gasteiger partial charge < -0.3 is 5.32 Å². The van der Waals surface area contributed by atoms with E-state index in [1.165, 1.54) is 42.4 Å². The summed E-state index contributed by atoms with van der Waals surface area (Å²) in [7, 11) is 0. The number of hydrogen-bond donors (Lipinski definition) is 1. The van der Waals surface area contributed by atoms with Crippen molar-refractivity contribution in [3.63, 3.8) is 0 Å². The lowest BCUT2D eigenvalue weighted by Crippen LogP contribution is -2.36. The summed E-state index contributed by atoms with van der Waals surface area (Å²) in [6.45, 7) is 7.83. The molecule has 19 heavy (non-hydrogen) atoms. The van der Waals surface area contributed by atoms with E-state index >= 15 is 0 Å². The fraction of sp³-hybridized carbons (Fsp3) is 0.667. The molecular weight excluding hydrogens is 230 g/mol. The second-order valence-corrected chi connectivity index (χ2v) is 6.94. The molecule has 2 bridgehead atoms. The van der Waals surface area contributed by atoms with Crippen LogP contribution in [0.1, 0.15) is 49.3 Å². The van der Waals surface area contributed by atoms with Crippen molar-refractivity contribution < 1.29 is 0 Å². The topological polar surface area (TPSA) is 12.0 Å². The maximum absolute atomic E-state index is 3.79. The van der Waals surface area contributed by atoms with Gasteiger partial charge in [0.15, 0.2) is 0 Å². The SMILES string of the molecule is Cc1ccc(C)c(CN[C@@H](C)[C@H]2C[C@@H]3CC[C@@H]2C3)c1. The molecule has 3 rings (SSSR count). The van der Waals surface area contributed by atoms with Gasteiger partial charge >= 0.3 is 0 Å². The predicted molar refractivity (Wildman–Crippen MR) is 81.2 cm³/mol. The minimum absolute atomic E-state index is 0.676. The molecule has 2 aliphatic rings. The maximum atomic E-state index is 3.79. The minimum atomic E-state index is 0.676. The molecule has 2 fully saturated rings. The van der Waals surface area contributed by atoms with Gasteiger partial charge in [-0.3, -0.25) is 0 Å². The van der Waals surface area contributed by atoms with Gasteiger partial charge in [0.25, 0.3) is 0 Å². The van der Waals surface area contributed by atoms with Crippen LogP contribution in [0.2, 0.25) is 0 Å². The normalized spacial score (nSPS) is 30.8. The summed E-state index contributed by atoms with van der Waals surface area (Å²) < 4.78 is 0. The molecule has 0 saturated heterocycles. The van der Waals surface area contributed by atoms with Crippen LogP contribution in [0.5, 0.6) is 0 Å². The van der Waals surface area contributed by atoms with Crippen molar-refractivity contribution >= 4 is 0 Å². The Morgan fingerprint density at radius 3 is 2.74 bits per heavy atom. The van der Waals surface area contributed by atoms with Crippen LogP contribution in [0, 0.1) is 31.6 Å². The van der Waals surface area contributed by atoms with Gasteiger partial charge in [0.1, 0.15) is 0 Å². The quantitative estimate of drug-likeness (QED) is 0.851. The van der Waals surface area contributed by atoms with Crippen molar-refractivity contribution in [2.75, 3.05) is 0 Å². The molecule has 1 nitrogen and oxygen atoms in total. The second kappa shape index (κ2) is 5.28. The monoisotopic (exact) mass is 257 g/mol. The third-order valence-corrected chi connectivity index (χ3v) is 5.55. The highest BCUT2D eigenvalue weighted by molar-refractivity contribution is 5.30. The number of rotatable bonds is 4. The Kier molecular flexibility index (Phi) is 3.66. The van der Waals surface area contributed by atoms with E-state index in [4.69, 9.17) is 0 Å². The fourth-order valence-corrected chi connectivity index (χ4v) is 4.32. The molecule has 0 heterocycles. The third kappa shape index (κ3) is 2.72. The zero-order chi connectivity index (χ0) is 13.4. The van der Waals surface area contributed by atoms with Crippen molar-refractivity contribution in [2.24, 2.45) is 17.8 Å². The van der Waals surface area contributed by atoms with E-state index < -0.39 is 0 Å². The zero-order valence-electron chi connectivity index (χ0n) is 12.6. The molecule has 0 radical (unpaired) electrons. The first-order valence-corrected chi connectivity index (χ1v) is 7.93. The molecule has 1 N–H and O–H groups in total. The van der Waals surface area contributed by atoms with E-state index in [1.54, 1.807) is 0 Å². The summed E-state index contributed by atoms with van der Waals surface area (Å²) in [5.74, 6) is 3.01. The molecule has 1 aromatic rings. The first-order chi connectivity index (χ1) is 9.13. The van der Waals surface area contributed by atoms with Gasteiger partial charge in [-0.25, -0.2) is 0 Å². The highest BCUT2D eigenvalue weighted by atomic mass is 14.9. The van der Waals surface area contributed by atoms with Gasteiger partial charge in [0.05, 0.1) is 0 Å². The summed E-state index contributed by atoms with van der Waals surface area (Å²) in [4.78, 5) is 0. The van der Waals surface area contributed by atoms with Gasteiger partial charge in [-0.2, -0.15) is 0 Å². The van der Waals surface area contributed by atoms with Crippen LogP contribution in [0.15, 0.2) is 18.2 Å². The number of aryl methyl sites for hydroxylation is 2. The first-order valence-electron chi connectivity index (χ1n) is 7.93. The van der Waals surface area contributed by atoms with Crippen molar-refractivity contribution in [1.82, 2.24) is 5.32 Å². The number of benzene rings is 1. The molecule has 0 aromatic heterocycles. The van der Waals surface area contributed by atoms with Gasteiger partial charge in [0.2, 0.25) is 0 Å². The standard InChI is InChI=1S/C18H27N/c1-12-4-5-13(2)17(8-12)11-19-14(3)18-10-15-6-7-16(18)9-15/h4-5,8,14-16,18-19H,6-7,9-11H2,1-3H3/t14-,15+,16+,18+/m0/s1. The molecule has 0 aliphatic heterocycles. The van der Waals surface area contributed by atoms with Gasteiger partial charge in [-0.05, 0) is 68.9 Å². The van der Waals surface area contributed by atoms with E-state index in [0.29, 0.717) is 6.04 Å². The Morgan fingerprint density at radius 2 is 2.05 bits per heavy atom. The van der Waals surface area contributed by atoms with Gasteiger partial charge in [0, 0.05) is 12.6 Å². The summed E-state index contributed by atoms with van der Waals surface area (Å²) in [6, 6.07) is 7.46. The molecule has 0 amide bonds. The average molecular weight is 257 g/mol. The molecular formula is C18H27N. The summed E-state index contributed by atoms with van der Waals surface area (Å²) in [5.41, 5.74) is 4.25. The van der Waals surface area contributed by atoms with Crippen LogP contribution in [-0.2, 0) is 6.54 Å². The Hall–Kier alpha value is -0.820. The van der Waals surface area contributed by atoms with Gasteiger partial charge in [-0.1, -0.05) is 30.2 Å². The zero-order valence-corrected chi connectivity index (χ0v) is 12.6. The average Bonchev–Trinajstić information content (AvgIpc) is 3.02. The predicted octanol–water partition coefficient (Wildman–Crippen LogP) is 4.22. The largest absolute Gasteiger partial charge is 0.310 e. The lowest BCUT2D eigenvalue weighted by molar-refractivity contribution is 0.259. The van der Waals surface area contributed by atoms with Crippen LogP contribution < -0.4 is 5.32 Å². The van der Waals surface area contributed by atoms with Crippen LogP contribution in [0.25, 0.3) is 0 Å². The third-order valence-electron chi connectivity index (χ3n) is 5.55. The van der Waals surface area contributed by atoms with E-state index in [-0.39, 0.29) is 0 Å². The van der Waals surface area contributed by atoms with Crippen LogP contribution in [0.4, 0.5) is 0 Å². The minimum Gasteiger partial charge on any atom is -0.310 e. The number of fused-ring (bicyclic) bond motifs is 2. The number of hydrogen-bond acceptors (Lipinski definition) is 1. The van der Waals surface area contributed by atoms with Crippen molar-refractivity contribution in [2.45, 2.75) is 59.0 Å². The first kappa shape index (κ1) is 13.2. The molecule has 2 saturated carbocycles. The molecule has 1 aromatic carbocycles. The highest BCUT2D eigenvalue weighted by Crippen LogP contribution is 2.49. The molecule has 0 unspecified atom stereocenters. The maximum Gasteiger partial charge on any atom is 0.0210 e. The highest BCUT2D eigenvalue weighted by Gasteiger charge is 2.41. The lowest BCUT2D eigenvalue weighted by Gasteiger charge is -2.29. The second-order valence-electron chi connectivity index (χ2n) is 6.94. The van der Waals surface area contributed by atoms with E-state index in [1.807, 2.05) is 0 Å². The van der Waals surface area contributed by atoms with E-state index in [2.05, 4.69) is 44.3 Å². The Balaban J connectivity index is 1.58. The molecule has 4 atom stereocenters. The Morgan fingerprint density at radius 1 is 1.21 bits per heavy atom. The van der Waals surface area contributed by atoms with E-state index in [0.717, 1.165) is 24.3 Å². The lowest BCUT2D eigenvalue weighted by atomic mass is 9.84. The molecule has 2 aliphatic carbocycles. The van der Waals surface area contributed by atoms with Crippen molar-refractivity contribution in [3.05, 3.63) is 34.9 Å². The van der Waals surface area contributed by atoms with Crippen molar-refractivity contribution in [1.29, 1.82) is 0 Å². The Bertz CT molecular complexity index is 451. The molecule has 104 valence electrons. The van der Waals surface area contributed by atoms with Crippen molar-refractivity contribution in [3.8, 4) is 0 Å². The summed E-state index contributed by atoms with van der Waals surface area (Å²) in [6.07, 6.45) is 5.99. The van der Waals surface area contributed by atoms with Gasteiger partial charge in [-0.15, -0.1) is 0 Å². The number of nitrogens with one attached hydrogen (secondary N) is 1.